The minimum Gasteiger partial charge on any atom is -0.480 e. The monoisotopic (exact) mass is 430 g/mol. The molecule has 5 nitrogen and oxygen atoms in total. The highest BCUT2D eigenvalue weighted by Gasteiger charge is 2.24. The van der Waals surface area contributed by atoms with Crippen molar-refractivity contribution in [2.45, 2.75) is 19.4 Å². The molecule has 11 heteroatoms. The first kappa shape index (κ1) is 20.6. The average molecular weight is 430 g/mol. The van der Waals surface area contributed by atoms with Crippen LogP contribution in [0.3, 0.4) is 0 Å². The van der Waals surface area contributed by atoms with Crippen LogP contribution in [0.4, 0.5) is 22.0 Å². The van der Waals surface area contributed by atoms with Crippen molar-refractivity contribution in [3.8, 4) is 0 Å². The number of carboxylic acids is 1. The predicted octanol–water partition coefficient (Wildman–Crippen LogP) is 4.18. The van der Waals surface area contributed by atoms with Crippen LogP contribution in [-0.2, 0) is 4.79 Å². The maximum Gasteiger partial charge on any atom is 0.326 e. The third-order valence-electron chi connectivity index (χ3n) is 4.09. The first-order chi connectivity index (χ1) is 13.6. The lowest BCUT2D eigenvalue weighted by atomic mass is 10.2. The smallest absolute Gasteiger partial charge is 0.326 e. The lowest BCUT2D eigenvalue weighted by Gasteiger charge is -2.13. The average Bonchev–Trinajstić information content (AvgIpc) is 2.96. The van der Waals surface area contributed by atoms with Crippen LogP contribution in [0.2, 0.25) is 0 Å². The molecule has 1 aromatic heterocycles. The van der Waals surface area contributed by atoms with Crippen molar-refractivity contribution in [1.29, 1.82) is 0 Å². The van der Waals surface area contributed by atoms with Gasteiger partial charge in [-0.3, -0.25) is 4.79 Å². The van der Waals surface area contributed by atoms with Gasteiger partial charge in [-0.2, -0.15) is 4.99 Å². The van der Waals surface area contributed by atoms with Crippen LogP contribution in [0.1, 0.15) is 29.7 Å². The van der Waals surface area contributed by atoms with Gasteiger partial charge in [0.15, 0.2) is 28.1 Å². The van der Waals surface area contributed by atoms with Crippen LogP contribution in [0.15, 0.2) is 29.3 Å². The van der Waals surface area contributed by atoms with Gasteiger partial charge >= 0.3 is 5.97 Å². The van der Waals surface area contributed by atoms with E-state index in [-0.39, 0.29) is 27.5 Å². The summed E-state index contributed by atoms with van der Waals surface area (Å²) < 4.78 is 68.7. The van der Waals surface area contributed by atoms with Gasteiger partial charge in [-0.1, -0.05) is 18.3 Å². The van der Waals surface area contributed by atoms with Gasteiger partial charge in [0.2, 0.25) is 0 Å². The van der Waals surface area contributed by atoms with Crippen molar-refractivity contribution in [3.63, 3.8) is 0 Å². The number of fused-ring (bicyclic) bond motifs is 1. The van der Waals surface area contributed by atoms with Crippen molar-refractivity contribution in [2.24, 2.45) is 4.99 Å². The molecule has 1 N–H and O–H groups in total. The molecule has 1 amide bonds. The van der Waals surface area contributed by atoms with Gasteiger partial charge in [-0.05, 0) is 18.6 Å². The number of carbonyl (C=O) groups is 2. The lowest BCUT2D eigenvalue weighted by Crippen LogP contribution is -2.27. The molecule has 1 unspecified atom stereocenters. The normalized spacial score (nSPS) is 13.1. The number of nitrogens with zero attached hydrogens (tertiary/aromatic N) is 2. The van der Waals surface area contributed by atoms with Crippen molar-refractivity contribution in [3.05, 3.63) is 63.7 Å². The Bertz CT molecular complexity index is 1220. The highest BCUT2D eigenvalue weighted by atomic mass is 32.1. The molecule has 0 bridgehead atoms. The molecule has 0 saturated carbocycles. The second kappa shape index (κ2) is 7.74. The second-order valence-corrected chi connectivity index (χ2v) is 6.92. The zero-order chi connectivity index (χ0) is 21.5. The van der Waals surface area contributed by atoms with E-state index < -0.39 is 52.6 Å². The maximum atomic E-state index is 13.9. The Kier molecular flexibility index (Phi) is 5.51. The van der Waals surface area contributed by atoms with E-state index >= 15 is 0 Å². The fourth-order valence-electron chi connectivity index (χ4n) is 2.72. The molecule has 3 aromatic rings. The molecule has 0 radical (unpaired) electrons. The van der Waals surface area contributed by atoms with E-state index in [4.69, 9.17) is 0 Å². The quantitative estimate of drug-likeness (QED) is 0.499. The van der Waals surface area contributed by atoms with E-state index in [1.165, 1.54) is 6.92 Å². The summed E-state index contributed by atoms with van der Waals surface area (Å²) in [4.78, 5) is 27.3. The number of carbonyl (C=O) groups excluding carboxylic acids is 1. The van der Waals surface area contributed by atoms with E-state index in [9.17, 15) is 36.6 Å². The predicted molar refractivity (Wildman–Crippen MR) is 92.9 cm³/mol. The molecule has 2 aromatic carbocycles. The molecule has 0 aliphatic carbocycles. The summed E-state index contributed by atoms with van der Waals surface area (Å²) in [5, 5.41) is 9.45. The van der Waals surface area contributed by atoms with Crippen LogP contribution >= 0.6 is 11.3 Å². The molecule has 0 spiro atoms. The van der Waals surface area contributed by atoms with Crippen molar-refractivity contribution in [1.82, 2.24) is 4.57 Å². The molecular weight excluding hydrogens is 419 g/mol. The number of amides is 1. The summed E-state index contributed by atoms with van der Waals surface area (Å²) in [5.41, 5.74) is -0.922. The number of thiazole rings is 1. The van der Waals surface area contributed by atoms with Crippen molar-refractivity contribution >= 4 is 33.4 Å². The van der Waals surface area contributed by atoms with Crippen LogP contribution in [0.5, 0.6) is 0 Å². The fraction of sp³-hybridized carbons (Fsp3) is 0.167. The Morgan fingerprint density at radius 3 is 2.21 bits per heavy atom. The number of hydrogen-bond acceptors (Lipinski definition) is 3. The Hall–Kier alpha value is -3.08. The topological polar surface area (TPSA) is 71.7 Å². The first-order valence-corrected chi connectivity index (χ1v) is 8.92. The number of carboxylic acid groups (broad SMARTS) is 1. The molecule has 1 heterocycles. The Morgan fingerprint density at radius 1 is 1.00 bits per heavy atom. The van der Waals surface area contributed by atoms with E-state index in [1.807, 2.05) is 0 Å². The first-order valence-electron chi connectivity index (χ1n) is 8.10. The van der Waals surface area contributed by atoms with Crippen molar-refractivity contribution in [2.75, 3.05) is 0 Å². The minimum absolute atomic E-state index is 0.00107. The lowest BCUT2D eigenvalue weighted by molar-refractivity contribution is -0.140. The van der Waals surface area contributed by atoms with Crippen LogP contribution in [0.25, 0.3) is 10.2 Å². The number of halogens is 5. The standard InChI is InChI=1S/C18H11F5N2O3S/c1-2-13(17(27)28)25-14-5-11(22)12(23)6-15(14)29-18(25)24-16(26)7-3-9(20)10(21)4-8(7)19/h3-6,13H,2H2,1H3,(H,27,28). The number of hydrogen-bond donors (Lipinski definition) is 1. The summed E-state index contributed by atoms with van der Waals surface area (Å²) in [5.74, 6) is -9.43. The molecule has 0 aliphatic heterocycles. The highest BCUT2D eigenvalue weighted by molar-refractivity contribution is 7.16. The molecule has 0 fully saturated rings. The van der Waals surface area contributed by atoms with Gasteiger partial charge in [-0.25, -0.2) is 26.7 Å². The molecule has 0 saturated heterocycles. The van der Waals surface area contributed by atoms with E-state index in [2.05, 4.69) is 4.99 Å². The Labute approximate surface area is 163 Å². The largest absolute Gasteiger partial charge is 0.480 e. The van der Waals surface area contributed by atoms with Gasteiger partial charge in [0.25, 0.3) is 5.91 Å². The molecule has 29 heavy (non-hydrogen) atoms. The summed E-state index contributed by atoms with van der Waals surface area (Å²) in [7, 11) is 0. The van der Waals surface area contributed by atoms with Crippen LogP contribution in [0, 0.1) is 29.1 Å². The van der Waals surface area contributed by atoms with Gasteiger partial charge in [-0.15, -0.1) is 0 Å². The molecule has 1 atom stereocenters. The van der Waals surface area contributed by atoms with Gasteiger partial charge < -0.3 is 9.67 Å². The summed E-state index contributed by atoms with van der Waals surface area (Å²) in [6, 6.07) is 0.766. The van der Waals surface area contributed by atoms with Crippen LogP contribution in [-0.4, -0.2) is 21.6 Å². The van der Waals surface area contributed by atoms with Gasteiger partial charge in [0, 0.05) is 12.1 Å². The summed E-state index contributed by atoms with van der Waals surface area (Å²) in [6.07, 6.45) is 0.00107. The second-order valence-electron chi connectivity index (χ2n) is 5.91. The molecular formula is C18H11F5N2O3S. The number of rotatable bonds is 4. The zero-order valence-corrected chi connectivity index (χ0v) is 15.4. The van der Waals surface area contributed by atoms with Crippen LogP contribution < -0.4 is 4.80 Å². The number of aliphatic carboxylic acids is 1. The Balaban J connectivity index is 2.29. The maximum absolute atomic E-state index is 13.9. The molecule has 0 aliphatic rings. The molecule has 3 rings (SSSR count). The molecule has 152 valence electrons. The zero-order valence-electron chi connectivity index (χ0n) is 14.6. The van der Waals surface area contributed by atoms with Gasteiger partial charge in [0.1, 0.15) is 11.9 Å². The Morgan fingerprint density at radius 2 is 1.59 bits per heavy atom. The summed E-state index contributed by atoms with van der Waals surface area (Å²) >= 11 is 0.659. The number of aromatic nitrogens is 1. The fourth-order valence-corrected chi connectivity index (χ4v) is 3.79. The summed E-state index contributed by atoms with van der Waals surface area (Å²) in [6.45, 7) is 1.51. The van der Waals surface area contributed by atoms with Gasteiger partial charge in [0.05, 0.1) is 15.8 Å². The third-order valence-corrected chi connectivity index (χ3v) is 5.11. The third kappa shape index (κ3) is 3.77. The number of benzene rings is 2. The van der Waals surface area contributed by atoms with Crippen molar-refractivity contribution < 1.29 is 36.6 Å². The van der Waals surface area contributed by atoms with E-state index in [0.29, 0.717) is 17.4 Å². The SMILES string of the molecule is CCC(C(=O)O)n1c(=NC(=O)c2cc(F)c(F)cc2F)sc2cc(F)c(F)cc21. The minimum atomic E-state index is -1.50. The van der Waals surface area contributed by atoms with E-state index in [1.54, 1.807) is 0 Å². The van der Waals surface area contributed by atoms with E-state index in [0.717, 1.165) is 16.7 Å². The highest BCUT2D eigenvalue weighted by Crippen LogP contribution is 2.25.